The molecule has 18 heavy (non-hydrogen) atoms. The molecule has 1 atom stereocenters. The van der Waals surface area contributed by atoms with Gasteiger partial charge in [-0.2, -0.15) is 4.98 Å². The third kappa shape index (κ3) is 2.36. The summed E-state index contributed by atoms with van der Waals surface area (Å²) in [5.41, 5.74) is 7.51. The van der Waals surface area contributed by atoms with E-state index in [0.717, 1.165) is 16.9 Å². The predicted molar refractivity (Wildman–Crippen MR) is 68.5 cm³/mol. The van der Waals surface area contributed by atoms with Crippen molar-refractivity contribution in [2.45, 2.75) is 19.8 Å². The third-order valence-electron chi connectivity index (χ3n) is 2.87. The van der Waals surface area contributed by atoms with Gasteiger partial charge in [-0.1, -0.05) is 12.1 Å². The largest absolute Gasteiger partial charge is 0.496 e. The number of benzene rings is 1. The number of rotatable bonds is 4. The number of aromatic nitrogens is 2. The zero-order valence-electron chi connectivity index (χ0n) is 10.8. The quantitative estimate of drug-likeness (QED) is 0.895. The van der Waals surface area contributed by atoms with Gasteiger partial charge in [-0.3, -0.25) is 0 Å². The zero-order chi connectivity index (χ0) is 13.1. The molecule has 5 nitrogen and oxygen atoms in total. The van der Waals surface area contributed by atoms with Crippen LogP contribution in [0.3, 0.4) is 0 Å². The van der Waals surface area contributed by atoms with Crippen LogP contribution in [0.5, 0.6) is 5.75 Å². The molecular weight excluding hydrogens is 230 g/mol. The summed E-state index contributed by atoms with van der Waals surface area (Å²) in [6.07, 6.45) is 0. The van der Waals surface area contributed by atoms with Crippen molar-refractivity contribution >= 4 is 0 Å². The first-order chi connectivity index (χ1) is 8.65. The Morgan fingerprint density at radius 1 is 1.44 bits per heavy atom. The summed E-state index contributed by atoms with van der Waals surface area (Å²) >= 11 is 0. The Balaban J connectivity index is 2.31. The Morgan fingerprint density at radius 3 is 2.83 bits per heavy atom. The lowest BCUT2D eigenvalue weighted by molar-refractivity contribution is 0.361. The van der Waals surface area contributed by atoms with Gasteiger partial charge in [0, 0.05) is 18.0 Å². The maximum Gasteiger partial charge on any atom is 0.231 e. The van der Waals surface area contributed by atoms with Crippen LogP contribution in [-0.4, -0.2) is 23.8 Å². The fourth-order valence-corrected chi connectivity index (χ4v) is 1.67. The van der Waals surface area contributed by atoms with Gasteiger partial charge in [-0.25, -0.2) is 0 Å². The molecule has 0 aliphatic rings. The first-order valence-electron chi connectivity index (χ1n) is 5.84. The summed E-state index contributed by atoms with van der Waals surface area (Å²) in [6, 6.07) is 5.78. The van der Waals surface area contributed by atoms with Crippen LogP contribution in [0.25, 0.3) is 11.4 Å². The van der Waals surface area contributed by atoms with Crippen molar-refractivity contribution < 1.29 is 9.26 Å². The molecule has 0 radical (unpaired) electrons. The SMILES string of the molecule is COc1ccc(-c2noc(C(C)CN)n2)cc1C. The summed E-state index contributed by atoms with van der Waals surface area (Å²) < 4.78 is 10.4. The monoisotopic (exact) mass is 247 g/mol. The molecule has 1 aromatic carbocycles. The average molecular weight is 247 g/mol. The fourth-order valence-electron chi connectivity index (χ4n) is 1.67. The lowest BCUT2D eigenvalue weighted by atomic mass is 10.1. The van der Waals surface area contributed by atoms with Gasteiger partial charge in [0.15, 0.2) is 0 Å². The van der Waals surface area contributed by atoms with Gasteiger partial charge in [0.1, 0.15) is 5.75 Å². The first-order valence-corrected chi connectivity index (χ1v) is 5.84. The highest BCUT2D eigenvalue weighted by atomic mass is 16.5. The number of hydrogen-bond donors (Lipinski definition) is 1. The van der Waals surface area contributed by atoms with E-state index in [0.29, 0.717) is 18.3 Å². The molecule has 2 rings (SSSR count). The van der Waals surface area contributed by atoms with Crippen LogP contribution in [0.2, 0.25) is 0 Å². The summed E-state index contributed by atoms with van der Waals surface area (Å²) in [5, 5.41) is 3.97. The zero-order valence-corrected chi connectivity index (χ0v) is 10.8. The van der Waals surface area contributed by atoms with Crippen molar-refractivity contribution in [3.8, 4) is 17.1 Å². The average Bonchev–Trinajstić information content (AvgIpc) is 2.87. The lowest BCUT2D eigenvalue weighted by Gasteiger charge is -2.04. The van der Waals surface area contributed by atoms with E-state index in [9.17, 15) is 0 Å². The first kappa shape index (κ1) is 12.6. The molecule has 1 unspecified atom stereocenters. The Hall–Kier alpha value is -1.88. The maximum atomic E-state index is 5.57. The Bertz CT molecular complexity index is 537. The van der Waals surface area contributed by atoms with Crippen LogP contribution in [0.15, 0.2) is 22.7 Å². The molecule has 2 N–H and O–H groups in total. The normalized spacial score (nSPS) is 12.4. The van der Waals surface area contributed by atoms with Crippen LogP contribution >= 0.6 is 0 Å². The van der Waals surface area contributed by atoms with E-state index in [2.05, 4.69) is 10.1 Å². The van der Waals surface area contributed by atoms with E-state index in [1.54, 1.807) is 7.11 Å². The number of hydrogen-bond acceptors (Lipinski definition) is 5. The number of nitrogens with zero attached hydrogens (tertiary/aromatic N) is 2. The molecular formula is C13H17N3O2. The van der Waals surface area contributed by atoms with Gasteiger partial charge in [-0.15, -0.1) is 0 Å². The topological polar surface area (TPSA) is 74.2 Å². The Labute approximate surface area is 106 Å². The van der Waals surface area contributed by atoms with Gasteiger partial charge in [0.25, 0.3) is 0 Å². The van der Waals surface area contributed by atoms with Crippen molar-refractivity contribution in [3.63, 3.8) is 0 Å². The van der Waals surface area contributed by atoms with Crippen molar-refractivity contribution in [2.24, 2.45) is 5.73 Å². The van der Waals surface area contributed by atoms with E-state index in [1.807, 2.05) is 32.0 Å². The van der Waals surface area contributed by atoms with Crippen LogP contribution in [-0.2, 0) is 0 Å². The summed E-state index contributed by atoms with van der Waals surface area (Å²) in [4.78, 5) is 4.35. The van der Waals surface area contributed by atoms with Gasteiger partial charge in [0.2, 0.25) is 11.7 Å². The molecule has 0 saturated heterocycles. The van der Waals surface area contributed by atoms with E-state index in [-0.39, 0.29) is 5.92 Å². The molecule has 1 aromatic heterocycles. The molecule has 5 heteroatoms. The molecule has 2 aromatic rings. The third-order valence-corrected chi connectivity index (χ3v) is 2.87. The molecule has 0 amide bonds. The summed E-state index contributed by atoms with van der Waals surface area (Å²) in [6.45, 7) is 4.42. The van der Waals surface area contributed by atoms with Gasteiger partial charge in [-0.05, 0) is 30.7 Å². The van der Waals surface area contributed by atoms with E-state index < -0.39 is 0 Å². The lowest BCUT2D eigenvalue weighted by Crippen LogP contribution is -2.08. The second-order valence-corrected chi connectivity index (χ2v) is 4.28. The van der Waals surface area contributed by atoms with Crippen LogP contribution in [0.4, 0.5) is 0 Å². The number of nitrogens with two attached hydrogens (primary N) is 1. The molecule has 0 spiro atoms. The van der Waals surface area contributed by atoms with Gasteiger partial charge >= 0.3 is 0 Å². The molecule has 0 saturated carbocycles. The van der Waals surface area contributed by atoms with Crippen molar-refractivity contribution in [1.82, 2.24) is 10.1 Å². The molecule has 96 valence electrons. The highest BCUT2D eigenvalue weighted by molar-refractivity contribution is 5.58. The second kappa shape index (κ2) is 5.18. The minimum Gasteiger partial charge on any atom is -0.496 e. The highest BCUT2D eigenvalue weighted by Crippen LogP contribution is 2.25. The smallest absolute Gasteiger partial charge is 0.231 e. The minimum atomic E-state index is 0.0746. The summed E-state index contributed by atoms with van der Waals surface area (Å²) in [5.74, 6) is 2.07. The minimum absolute atomic E-state index is 0.0746. The van der Waals surface area contributed by atoms with Crippen LogP contribution in [0, 0.1) is 6.92 Å². The van der Waals surface area contributed by atoms with Gasteiger partial charge < -0.3 is 15.0 Å². The predicted octanol–water partition coefficient (Wildman–Crippen LogP) is 2.12. The molecule has 0 aliphatic carbocycles. The molecule has 0 fully saturated rings. The van der Waals surface area contributed by atoms with Crippen LogP contribution in [0.1, 0.15) is 24.3 Å². The number of ether oxygens (including phenoxy) is 1. The summed E-state index contributed by atoms with van der Waals surface area (Å²) in [7, 11) is 1.65. The van der Waals surface area contributed by atoms with E-state index >= 15 is 0 Å². The van der Waals surface area contributed by atoms with E-state index in [1.165, 1.54) is 0 Å². The van der Waals surface area contributed by atoms with E-state index in [4.69, 9.17) is 15.0 Å². The maximum absolute atomic E-state index is 5.57. The Kier molecular flexibility index (Phi) is 3.62. The van der Waals surface area contributed by atoms with Gasteiger partial charge in [0.05, 0.1) is 7.11 Å². The second-order valence-electron chi connectivity index (χ2n) is 4.28. The van der Waals surface area contributed by atoms with Crippen molar-refractivity contribution in [2.75, 3.05) is 13.7 Å². The standard InChI is InChI=1S/C13H17N3O2/c1-8-6-10(4-5-11(8)17-3)12-15-13(18-16-12)9(2)7-14/h4-6,9H,7,14H2,1-3H3. The fraction of sp³-hybridized carbons (Fsp3) is 0.385. The van der Waals surface area contributed by atoms with Crippen LogP contribution < -0.4 is 10.5 Å². The molecule has 0 aliphatic heterocycles. The number of methoxy groups -OCH3 is 1. The number of aryl methyl sites for hydroxylation is 1. The highest BCUT2D eigenvalue weighted by Gasteiger charge is 2.14. The van der Waals surface area contributed by atoms with Crippen molar-refractivity contribution in [3.05, 3.63) is 29.7 Å². The van der Waals surface area contributed by atoms with Crippen molar-refractivity contribution in [1.29, 1.82) is 0 Å². The molecule has 1 heterocycles. The molecule has 0 bridgehead atoms. The Morgan fingerprint density at radius 2 is 2.22 bits per heavy atom.